The molecule has 1 aliphatic carbocycles. The van der Waals surface area contributed by atoms with Gasteiger partial charge in [-0.15, -0.1) is 0 Å². The summed E-state index contributed by atoms with van der Waals surface area (Å²) in [5, 5.41) is 17.4. The molecular weight excluding hydrogens is 368 g/mol. The predicted molar refractivity (Wildman–Crippen MR) is 112 cm³/mol. The Labute approximate surface area is 172 Å². The van der Waals surface area contributed by atoms with E-state index in [1.54, 1.807) is 30.3 Å². The first-order chi connectivity index (χ1) is 13.9. The first-order valence-corrected chi connectivity index (χ1v) is 9.93. The smallest absolute Gasteiger partial charge is 0.337 e. The number of nitrogens with two attached hydrogens (primary N) is 1. The zero-order chi connectivity index (χ0) is 21.4. The van der Waals surface area contributed by atoms with Gasteiger partial charge in [-0.2, -0.15) is 0 Å². The average Bonchev–Trinajstić information content (AvgIpc) is 3.51. The van der Waals surface area contributed by atoms with Gasteiger partial charge in [-0.3, -0.25) is 4.79 Å². The molecular formula is C23H30N2O4. The number of rotatable bonds is 7. The Hall–Kier alpha value is -2.70. The van der Waals surface area contributed by atoms with Crippen molar-refractivity contribution < 1.29 is 19.8 Å². The van der Waals surface area contributed by atoms with Crippen LogP contribution >= 0.6 is 0 Å². The Morgan fingerprint density at radius 3 is 2.00 bits per heavy atom. The Morgan fingerprint density at radius 2 is 1.59 bits per heavy atom. The molecule has 1 saturated carbocycles. The second-order valence-corrected chi connectivity index (χ2v) is 7.10. The number of carbonyl (C=O) groups is 2. The van der Waals surface area contributed by atoms with Crippen molar-refractivity contribution >= 4 is 11.9 Å². The number of hydrogen-bond acceptors (Lipinski definition) is 4. The van der Waals surface area contributed by atoms with Gasteiger partial charge in [0.05, 0.1) is 5.41 Å². The highest BCUT2D eigenvalue weighted by Gasteiger charge is 2.61. The minimum atomic E-state index is -1.41. The number of likely N-dealkylation sites (N-methyl/N-ethyl adjacent to an activating group) is 1. The van der Waals surface area contributed by atoms with Crippen LogP contribution in [0, 0.1) is 5.92 Å². The second kappa shape index (κ2) is 10.2. The molecule has 1 aliphatic rings. The first kappa shape index (κ1) is 22.6. The minimum Gasteiger partial charge on any atom is -0.479 e. The van der Waals surface area contributed by atoms with E-state index in [9.17, 15) is 9.59 Å². The maximum absolute atomic E-state index is 12.7. The van der Waals surface area contributed by atoms with Crippen LogP contribution in [0.25, 0.3) is 0 Å². The molecule has 0 saturated heterocycles. The van der Waals surface area contributed by atoms with Crippen LogP contribution in [0.3, 0.4) is 0 Å². The van der Waals surface area contributed by atoms with Crippen LogP contribution in [-0.2, 0) is 15.0 Å². The van der Waals surface area contributed by atoms with Crippen LogP contribution in [0.4, 0.5) is 0 Å². The third kappa shape index (κ3) is 5.02. The number of nitrogens with zero attached hydrogens (tertiary/aromatic N) is 1. The highest BCUT2D eigenvalue weighted by atomic mass is 16.4. The van der Waals surface area contributed by atoms with E-state index in [2.05, 4.69) is 12.1 Å². The normalized spacial score (nSPS) is 20.8. The molecule has 0 spiro atoms. The van der Waals surface area contributed by atoms with Gasteiger partial charge in [-0.05, 0) is 43.9 Å². The molecule has 6 heteroatoms. The Balaban J connectivity index is 0.000000234. The molecule has 2 aromatic rings. The van der Waals surface area contributed by atoms with E-state index >= 15 is 0 Å². The summed E-state index contributed by atoms with van der Waals surface area (Å²) < 4.78 is 0. The first-order valence-electron chi connectivity index (χ1n) is 9.93. The maximum atomic E-state index is 12.7. The molecule has 0 bridgehead atoms. The third-order valence-electron chi connectivity index (χ3n) is 5.46. The van der Waals surface area contributed by atoms with Crippen molar-refractivity contribution in [1.29, 1.82) is 0 Å². The summed E-state index contributed by atoms with van der Waals surface area (Å²) in [6.07, 6.45) is -0.515. The molecule has 2 aromatic carbocycles. The zero-order valence-electron chi connectivity index (χ0n) is 17.0. The second-order valence-electron chi connectivity index (χ2n) is 7.10. The van der Waals surface area contributed by atoms with E-state index in [4.69, 9.17) is 15.9 Å². The van der Waals surface area contributed by atoms with Crippen LogP contribution in [0.1, 0.15) is 37.5 Å². The van der Waals surface area contributed by atoms with Crippen LogP contribution in [0.5, 0.6) is 0 Å². The highest BCUT2D eigenvalue weighted by molar-refractivity contribution is 5.92. The fourth-order valence-corrected chi connectivity index (χ4v) is 3.66. The van der Waals surface area contributed by atoms with Crippen molar-refractivity contribution in [1.82, 2.24) is 4.90 Å². The van der Waals surface area contributed by atoms with Gasteiger partial charge < -0.3 is 20.8 Å². The molecule has 3 atom stereocenters. The summed E-state index contributed by atoms with van der Waals surface area (Å²) in [5.41, 5.74) is 6.98. The van der Waals surface area contributed by atoms with Gasteiger partial charge in [-0.1, -0.05) is 60.7 Å². The summed E-state index contributed by atoms with van der Waals surface area (Å²) in [6, 6.07) is 18.3. The van der Waals surface area contributed by atoms with Gasteiger partial charge in [0.15, 0.2) is 6.10 Å². The van der Waals surface area contributed by atoms with Crippen LogP contribution in [0.2, 0.25) is 0 Å². The molecule has 6 nitrogen and oxygen atoms in total. The van der Waals surface area contributed by atoms with Crippen molar-refractivity contribution in [2.75, 3.05) is 19.6 Å². The van der Waals surface area contributed by atoms with Crippen molar-refractivity contribution in [3.63, 3.8) is 0 Å². The number of amides is 1. The fourth-order valence-electron chi connectivity index (χ4n) is 3.66. The summed E-state index contributed by atoms with van der Waals surface area (Å²) in [6.45, 7) is 6.17. The highest BCUT2D eigenvalue weighted by Crippen LogP contribution is 2.54. The molecule has 1 amide bonds. The molecule has 0 aliphatic heterocycles. The summed E-state index contributed by atoms with van der Waals surface area (Å²) in [7, 11) is 0. The van der Waals surface area contributed by atoms with E-state index in [0.717, 1.165) is 25.1 Å². The topological polar surface area (TPSA) is 104 Å². The molecule has 0 radical (unpaired) electrons. The van der Waals surface area contributed by atoms with Crippen molar-refractivity contribution in [3.8, 4) is 0 Å². The van der Waals surface area contributed by atoms with E-state index in [1.807, 2.05) is 36.9 Å². The number of carbonyl (C=O) groups excluding carboxylic acids is 1. The monoisotopic (exact) mass is 398 g/mol. The molecule has 4 N–H and O–H groups in total. The van der Waals surface area contributed by atoms with Gasteiger partial charge in [-0.25, -0.2) is 4.79 Å². The van der Waals surface area contributed by atoms with E-state index in [1.165, 1.54) is 0 Å². The lowest BCUT2D eigenvalue weighted by Crippen LogP contribution is -2.40. The van der Waals surface area contributed by atoms with Crippen LogP contribution in [0.15, 0.2) is 60.7 Å². The number of carboxylic acid groups (broad SMARTS) is 1. The summed E-state index contributed by atoms with van der Waals surface area (Å²) >= 11 is 0. The number of aliphatic carboxylic acids is 1. The predicted octanol–water partition coefficient (Wildman–Crippen LogP) is 2.58. The number of benzene rings is 2. The fraction of sp³-hybridized carbons (Fsp3) is 0.391. The maximum Gasteiger partial charge on any atom is 0.337 e. The molecule has 3 rings (SSSR count). The van der Waals surface area contributed by atoms with Gasteiger partial charge in [0.1, 0.15) is 0 Å². The number of aliphatic hydroxyl groups is 1. The summed E-state index contributed by atoms with van der Waals surface area (Å²) in [5.74, 6) is -0.682. The van der Waals surface area contributed by atoms with Crippen molar-refractivity contribution in [2.45, 2.75) is 31.8 Å². The van der Waals surface area contributed by atoms with Gasteiger partial charge in [0.2, 0.25) is 5.91 Å². The average molecular weight is 399 g/mol. The summed E-state index contributed by atoms with van der Waals surface area (Å²) in [4.78, 5) is 24.9. The van der Waals surface area contributed by atoms with Crippen molar-refractivity contribution in [2.24, 2.45) is 11.7 Å². The van der Waals surface area contributed by atoms with E-state index < -0.39 is 12.1 Å². The van der Waals surface area contributed by atoms with Gasteiger partial charge >= 0.3 is 5.97 Å². The minimum absolute atomic E-state index is 0.245. The molecule has 0 aromatic heterocycles. The van der Waals surface area contributed by atoms with Gasteiger partial charge in [0.25, 0.3) is 0 Å². The Kier molecular flexibility index (Phi) is 7.93. The molecule has 1 fully saturated rings. The SMILES string of the molecule is CCN(CC)C(=O)[C@]1(c2ccccc2)C[C@@H]1CN.O=C(O)[C@@H](O)c1ccccc1. The van der Waals surface area contributed by atoms with E-state index in [0.29, 0.717) is 18.0 Å². The van der Waals surface area contributed by atoms with Crippen molar-refractivity contribution in [3.05, 3.63) is 71.8 Å². The zero-order valence-corrected chi connectivity index (χ0v) is 17.0. The molecule has 156 valence electrons. The number of hydrogen-bond donors (Lipinski definition) is 3. The van der Waals surface area contributed by atoms with Crippen LogP contribution < -0.4 is 5.73 Å². The lowest BCUT2D eigenvalue weighted by atomic mass is 9.91. The third-order valence-corrected chi connectivity index (χ3v) is 5.46. The number of aliphatic hydroxyl groups excluding tert-OH is 1. The lowest BCUT2D eigenvalue weighted by Gasteiger charge is -2.26. The van der Waals surface area contributed by atoms with E-state index in [-0.39, 0.29) is 11.3 Å². The molecule has 0 unspecified atom stereocenters. The van der Waals surface area contributed by atoms with Crippen LogP contribution in [-0.4, -0.2) is 46.6 Å². The lowest BCUT2D eigenvalue weighted by molar-refractivity contribution is -0.147. The Morgan fingerprint density at radius 1 is 1.07 bits per heavy atom. The Bertz CT molecular complexity index is 793. The largest absolute Gasteiger partial charge is 0.479 e. The quantitative estimate of drug-likeness (QED) is 0.665. The van der Waals surface area contributed by atoms with Gasteiger partial charge in [0, 0.05) is 13.1 Å². The standard InChI is InChI=1S/C15H22N2O.C8H8O3/c1-3-17(4-2)14(18)15(10-13(15)11-16)12-8-6-5-7-9-12;9-7(8(10)11)6-4-2-1-3-5-6/h5-9,13H,3-4,10-11,16H2,1-2H3;1-5,7,9H,(H,10,11)/t13-,15+;7-/m10/s1. The molecule has 29 heavy (non-hydrogen) atoms. The molecule has 0 heterocycles. The number of carboxylic acids is 1.